The van der Waals surface area contributed by atoms with Crippen LogP contribution in [0.15, 0.2) is 53.5 Å². The Balaban J connectivity index is 1.91. The number of carbonyl (C=O) groups is 2. The smallest absolute Gasteiger partial charge is 0.265 e. The number of carbonyl (C=O) groups excluding carboxylic acids is 2. The van der Waals surface area contributed by atoms with Gasteiger partial charge in [0.1, 0.15) is 11.2 Å². The lowest BCUT2D eigenvalue weighted by Crippen LogP contribution is -2.29. The summed E-state index contributed by atoms with van der Waals surface area (Å²) in [5.74, 6) is -0.665. The molecule has 0 aliphatic rings. The van der Waals surface area contributed by atoms with Crippen LogP contribution < -0.4 is 16.2 Å². The van der Waals surface area contributed by atoms with E-state index in [-0.39, 0.29) is 17.0 Å². The largest absolute Gasteiger partial charge is 0.326 e. The fraction of sp³-hybridized carbons (Fsp3) is 0.158. The van der Waals surface area contributed by atoms with Gasteiger partial charge in [-0.05, 0) is 49.4 Å². The zero-order valence-corrected chi connectivity index (χ0v) is 14.4. The van der Waals surface area contributed by atoms with Crippen molar-refractivity contribution in [3.05, 3.63) is 64.6 Å². The van der Waals surface area contributed by atoms with E-state index in [9.17, 15) is 14.4 Å². The first kappa shape index (κ1) is 17.3. The van der Waals surface area contributed by atoms with Gasteiger partial charge in [-0.1, -0.05) is 0 Å². The number of aromatic nitrogens is 2. The molecule has 0 aliphatic carbocycles. The molecule has 0 aliphatic heterocycles. The van der Waals surface area contributed by atoms with Gasteiger partial charge in [-0.15, -0.1) is 0 Å². The first-order chi connectivity index (χ1) is 12.5. The summed E-state index contributed by atoms with van der Waals surface area (Å²) in [4.78, 5) is 40.5. The number of aryl methyl sites for hydroxylation is 1. The fourth-order valence-corrected chi connectivity index (χ4v) is 2.70. The summed E-state index contributed by atoms with van der Waals surface area (Å²) >= 11 is 0. The zero-order valence-electron chi connectivity index (χ0n) is 14.4. The van der Waals surface area contributed by atoms with Crippen molar-refractivity contribution in [2.24, 2.45) is 0 Å². The van der Waals surface area contributed by atoms with Crippen LogP contribution in [0.4, 0.5) is 11.4 Å². The van der Waals surface area contributed by atoms with Crippen LogP contribution in [0.25, 0.3) is 11.0 Å². The highest BCUT2D eigenvalue weighted by Gasteiger charge is 2.15. The second-order valence-corrected chi connectivity index (χ2v) is 5.74. The molecule has 132 valence electrons. The maximum atomic E-state index is 12.6. The molecule has 2 aromatic heterocycles. The van der Waals surface area contributed by atoms with E-state index in [0.29, 0.717) is 23.6 Å². The second-order valence-electron chi connectivity index (χ2n) is 5.74. The van der Waals surface area contributed by atoms with E-state index in [0.717, 1.165) is 5.39 Å². The Kier molecular flexibility index (Phi) is 4.79. The van der Waals surface area contributed by atoms with Crippen LogP contribution in [0, 0.1) is 0 Å². The normalized spacial score (nSPS) is 10.5. The van der Waals surface area contributed by atoms with Crippen LogP contribution in [0.3, 0.4) is 0 Å². The van der Waals surface area contributed by atoms with Crippen molar-refractivity contribution < 1.29 is 9.59 Å². The van der Waals surface area contributed by atoms with Gasteiger partial charge in [-0.2, -0.15) is 0 Å². The van der Waals surface area contributed by atoms with E-state index in [1.54, 1.807) is 42.6 Å². The number of rotatable bonds is 4. The molecule has 7 nitrogen and oxygen atoms in total. The van der Waals surface area contributed by atoms with Crippen molar-refractivity contribution in [1.29, 1.82) is 0 Å². The number of nitrogens with zero attached hydrogens (tertiary/aromatic N) is 2. The molecule has 2 N–H and O–H groups in total. The van der Waals surface area contributed by atoms with Crippen molar-refractivity contribution in [2.45, 2.75) is 20.4 Å². The minimum Gasteiger partial charge on any atom is -0.326 e. The number of benzene rings is 1. The molecule has 0 fully saturated rings. The number of hydrogen-bond acceptors (Lipinski definition) is 4. The maximum absolute atomic E-state index is 12.6. The molecular weight excluding hydrogens is 332 g/mol. The third-order valence-corrected chi connectivity index (χ3v) is 3.87. The molecule has 0 saturated heterocycles. The van der Waals surface area contributed by atoms with Crippen LogP contribution in [-0.2, 0) is 11.3 Å². The van der Waals surface area contributed by atoms with Crippen LogP contribution in [0.1, 0.15) is 24.2 Å². The Bertz CT molecular complexity index is 1040. The van der Waals surface area contributed by atoms with Gasteiger partial charge in [0, 0.05) is 36.4 Å². The van der Waals surface area contributed by atoms with E-state index >= 15 is 0 Å². The number of anilines is 2. The Morgan fingerprint density at radius 3 is 2.35 bits per heavy atom. The van der Waals surface area contributed by atoms with Gasteiger partial charge in [0.15, 0.2) is 0 Å². The van der Waals surface area contributed by atoms with E-state index in [2.05, 4.69) is 15.6 Å². The lowest BCUT2D eigenvalue weighted by atomic mass is 10.2. The lowest BCUT2D eigenvalue weighted by molar-refractivity contribution is -0.114. The monoisotopic (exact) mass is 350 g/mol. The number of amides is 2. The van der Waals surface area contributed by atoms with E-state index in [4.69, 9.17) is 0 Å². The van der Waals surface area contributed by atoms with E-state index < -0.39 is 5.91 Å². The van der Waals surface area contributed by atoms with Gasteiger partial charge in [0.25, 0.3) is 11.5 Å². The van der Waals surface area contributed by atoms with Crippen molar-refractivity contribution in [3.8, 4) is 0 Å². The molecule has 0 unspecified atom stereocenters. The number of nitrogens with one attached hydrogen (secondary N) is 2. The van der Waals surface area contributed by atoms with Crippen molar-refractivity contribution >= 4 is 34.2 Å². The third-order valence-electron chi connectivity index (χ3n) is 3.87. The molecule has 1 aromatic carbocycles. The molecular formula is C19H18N4O3. The van der Waals surface area contributed by atoms with Crippen molar-refractivity contribution in [3.63, 3.8) is 0 Å². The first-order valence-corrected chi connectivity index (χ1v) is 8.17. The quantitative estimate of drug-likeness (QED) is 0.756. The van der Waals surface area contributed by atoms with Crippen LogP contribution in [0.5, 0.6) is 0 Å². The minimum absolute atomic E-state index is 0.0540. The zero-order chi connectivity index (χ0) is 18.7. The van der Waals surface area contributed by atoms with Gasteiger partial charge in [-0.3, -0.25) is 19.0 Å². The summed E-state index contributed by atoms with van der Waals surface area (Å²) in [6.07, 6.45) is 1.62. The third kappa shape index (κ3) is 3.46. The Morgan fingerprint density at radius 1 is 1.08 bits per heavy atom. The number of pyridine rings is 2. The average molecular weight is 350 g/mol. The summed E-state index contributed by atoms with van der Waals surface area (Å²) in [7, 11) is 0. The molecule has 0 spiro atoms. The predicted octanol–water partition coefficient (Wildman–Crippen LogP) is 2.63. The topological polar surface area (TPSA) is 93.1 Å². The highest BCUT2D eigenvalue weighted by Crippen LogP contribution is 2.16. The summed E-state index contributed by atoms with van der Waals surface area (Å²) < 4.78 is 1.48. The van der Waals surface area contributed by atoms with Crippen LogP contribution in [0.2, 0.25) is 0 Å². The first-order valence-electron chi connectivity index (χ1n) is 8.17. The summed E-state index contributed by atoms with van der Waals surface area (Å²) in [6, 6.07) is 11.8. The lowest BCUT2D eigenvalue weighted by Gasteiger charge is -2.11. The molecule has 2 amide bonds. The molecule has 3 rings (SSSR count). The Labute approximate surface area is 149 Å². The highest BCUT2D eigenvalue weighted by molar-refractivity contribution is 6.05. The molecule has 26 heavy (non-hydrogen) atoms. The fourth-order valence-electron chi connectivity index (χ4n) is 2.70. The van der Waals surface area contributed by atoms with Gasteiger partial charge >= 0.3 is 0 Å². The SMILES string of the molecule is CCn1c(=O)c(C(=O)Nc2ccc(NC(C)=O)cc2)cc2cccnc21. The minimum atomic E-state index is -0.491. The van der Waals surface area contributed by atoms with Crippen molar-refractivity contribution in [1.82, 2.24) is 9.55 Å². The molecule has 0 bridgehead atoms. The molecule has 2 heterocycles. The van der Waals surface area contributed by atoms with Crippen molar-refractivity contribution in [2.75, 3.05) is 10.6 Å². The predicted molar refractivity (Wildman–Crippen MR) is 100 cm³/mol. The molecule has 7 heteroatoms. The molecule has 0 radical (unpaired) electrons. The molecule has 0 saturated carbocycles. The van der Waals surface area contributed by atoms with Gasteiger partial charge < -0.3 is 10.6 Å². The van der Waals surface area contributed by atoms with Gasteiger partial charge in [0.05, 0.1) is 0 Å². The van der Waals surface area contributed by atoms with Gasteiger partial charge in [0.2, 0.25) is 5.91 Å². The Hall–Kier alpha value is -3.48. The van der Waals surface area contributed by atoms with E-state index in [1.807, 2.05) is 13.0 Å². The van der Waals surface area contributed by atoms with E-state index in [1.165, 1.54) is 11.5 Å². The second kappa shape index (κ2) is 7.18. The highest BCUT2D eigenvalue weighted by atomic mass is 16.2. The summed E-state index contributed by atoms with van der Waals surface area (Å²) in [5.41, 5.74) is 1.37. The van der Waals surface area contributed by atoms with Crippen LogP contribution in [-0.4, -0.2) is 21.4 Å². The summed E-state index contributed by atoms with van der Waals surface area (Å²) in [6.45, 7) is 3.67. The van der Waals surface area contributed by atoms with Crippen LogP contribution >= 0.6 is 0 Å². The average Bonchev–Trinajstić information content (AvgIpc) is 2.62. The summed E-state index contributed by atoms with van der Waals surface area (Å²) in [5, 5.41) is 6.08. The van der Waals surface area contributed by atoms with Gasteiger partial charge in [-0.25, -0.2) is 4.98 Å². The maximum Gasteiger partial charge on any atom is 0.265 e. The molecule has 3 aromatic rings. The Morgan fingerprint density at radius 2 is 1.73 bits per heavy atom. The number of fused-ring (bicyclic) bond motifs is 1. The standard InChI is InChI=1S/C19H18N4O3/c1-3-23-17-13(5-4-10-20-17)11-16(19(23)26)18(25)22-15-8-6-14(7-9-15)21-12(2)24/h4-11H,3H2,1-2H3,(H,21,24)(H,22,25). The molecule has 0 atom stereocenters. The number of hydrogen-bond donors (Lipinski definition) is 2.